The predicted octanol–water partition coefficient (Wildman–Crippen LogP) is 0.645. The molecule has 3 N–H and O–H groups in total. The number of nitrogens with one attached hydrogen (secondary N) is 1. The average molecular weight is 179 g/mol. The van der Waals surface area contributed by atoms with Gasteiger partial charge >= 0.3 is 0 Å². The lowest BCUT2D eigenvalue weighted by atomic mass is 9.91. The topological polar surface area (TPSA) is 52.5 Å². The van der Waals surface area contributed by atoms with E-state index in [4.69, 9.17) is 5.11 Å². The number of hydrogen-bond acceptors (Lipinski definition) is 3. The van der Waals surface area contributed by atoms with Crippen LogP contribution in [0.5, 0.6) is 5.75 Å². The Bertz CT molecular complexity index is 279. The van der Waals surface area contributed by atoms with Gasteiger partial charge in [0.05, 0.1) is 6.10 Å². The largest absolute Gasteiger partial charge is 0.508 e. The van der Waals surface area contributed by atoms with Crippen molar-refractivity contribution >= 4 is 0 Å². The van der Waals surface area contributed by atoms with Crippen LogP contribution in [0.3, 0.4) is 0 Å². The van der Waals surface area contributed by atoms with Crippen LogP contribution >= 0.6 is 0 Å². The highest BCUT2D eigenvalue weighted by atomic mass is 16.3. The summed E-state index contributed by atoms with van der Waals surface area (Å²) < 4.78 is 0. The van der Waals surface area contributed by atoms with Crippen molar-refractivity contribution in [1.82, 2.24) is 5.32 Å². The lowest BCUT2D eigenvalue weighted by Gasteiger charge is -2.31. The first-order chi connectivity index (χ1) is 6.27. The van der Waals surface area contributed by atoms with Gasteiger partial charge in [-0.2, -0.15) is 0 Å². The van der Waals surface area contributed by atoms with Gasteiger partial charge in [-0.05, 0) is 17.7 Å². The summed E-state index contributed by atoms with van der Waals surface area (Å²) in [6.45, 7) is 1.75. The maximum Gasteiger partial charge on any atom is 0.115 e. The highest BCUT2D eigenvalue weighted by Crippen LogP contribution is 2.25. The maximum absolute atomic E-state index is 9.81. The standard InChI is InChI=1S/C10H13NO2/c12-9-3-1-7(2-4-9)10(13)8-5-11-6-8/h1-4,8,10-13H,5-6H2. The van der Waals surface area contributed by atoms with Crippen molar-refractivity contribution in [3.63, 3.8) is 0 Å². The molecule has 0 saturated carbocycles. The van der Waals surface area contributed by atoms with Gasteiger partial charge in [-0.15, -0.1) is 0 Å². The van der Waals surface area contributed by atoms with Crippen molar-refractivity contribution in [2.75, 3.05) is 13.1 Å². The molecule has 0 aliphatic carbocycles. The second kappa shape index (κ2) is 3.36. The molecule has 1 heterocycles. The van der Waals surface area contributed by atoms with E-state index in [1.165, 1.54) is 0 Å². The molecule has 70 valence electrons. The summed E-state index contributed by atoms with van der Waals surface area (Å²) in [7, 11) is 0. The van der Waals surface area contributed by atoms with Gasteiger partial charge in [0.2, 0.25) is 0 Å². The Morgan fingerprint density at radius 1 is 1.23 bits per heavy atom. The minimum absolute atomic E-state index is 0.239. The Kier molecular flexibility index (Phi) is 2.20. The van der Waals surface area contributed by atoms with E-state index in [1.807, 2.05) is 0 Å². The summed E-state index contributed by atoms with van der Waals surface area (Å²) in [6.07, 6.45) is -0.401. The average Bonchev–Trinajstić information content (AvgIpc) is 2.02. The van der Waals surface area contributed by atoms with Crippen LogP contribution in [0.2, 0.25) is 0 Å². The molecule has 1 aromatic carbocycles. The SMILES string of the molecule is Oc1ccc(C(O)C2CNC2)cc1. The van der Waals surface area contributed by atoms with Crippen molar-refractivity contribution in [3.8, 4) is 5.75 Å². The molecule has 1 aromatic rings. The molecule has 1 saturated heterocycles. The molecule has 1 unspecified atom stereocenters. The molecule has 1 aliphatic rings. The van der Waals surface area contributed by atoms with Gasteiger partial charge in [0.15, 0.2) is 0 Å². The molecule has 3 nitrogen and oxygen atoms in total. The Hall–Kier alpha value is -1.06. The Morgan fingerprint density at radius 2 is 1.85 bits per heavy atom. The number of hydrogen-bond donors (Lipinski definition) is 3. The van der Waals surface area contributed by atoms with E-state index in [-0.39, 0.29) is 5.75 Å². The molecule has 2 rings (SSSR count). The van der Waals surface area contributed by atoms with Gasteiger partial charge in [-0.25, -0.2) is 0 Å². The molecular formula is C10H13NO2. The lowest BCUT2D eigenvalue weighted by Crippen LogP contribution is -2.45. The Balaban J connectivity index is 2.10. The predicted molar refractivity (Wildman–Crippen MR) is 49.4 cm³/mol. The molecule has 0 radical (unpaired) electrons. The van der Waals surface area contributed by atoms with E-state index in [1.54, 1.807) is 24.3 Å². The first-order valence-corrected chi connectivity index (χ1v) is 4.45. The number of rotatable bonds is 2. The fraction of sp³-hybridized carbons (Fsp3) is 0.400. The van der Waals surface area contributed by atoms with E-state index in [9.17, 15) is 5.11 Å². The second-order valence-electron chi connectivity index (χ2n) is 3.45. The number of phenols is 1. The van der Waals surface area contributed by atoms with Crippen LogP contribution in [-0.4, -0.2) is 23.3 Å². The van der Waals surface area contributed by atoms with Crippen LogP contribution in [-0.2, 0) is 0 Å². The second-order valence-corrected chi connectivity index (χ2v) is 3.45. The quantitative estimate of drug-likeness (QED) is 0.624. The molecule has 3 heteroatoms. The van der Waals surface area contributed by atoms with Crippen LogP contribution < -0.4 is 5.32 Å². The van der Waals surface area contributed by atoms with Crippen molar-refractivity contribution in [3.05, 3.63) is 29.8 Å². The van der Waals surface area contributed by atoms with Crippen LogP contribution in [0.4, 0.5) is 0 Å². The minimum atomic E-state index is -0.401. The van der Waals surface area contributed by atoms with Gasteiger partial charge < -0.3 is 15.5 Å². The molecule has 13 heavy (non-hydrogen) atoms. The van der Waals surface area contributed by atoms with Crippen molar-refractivity contribution in [2.45, 2.75) is 6.10 Å². The summed E-state index contributed by atoms with van der Waals surface area (Å²) in [5.41, 5.74) is 0.879. The van der Waals surface area contributed by atoms with E-state index >= 15 is 0 Å². The molecule has 0 bridgehead atoms. The fourth-order valence-corrected chi connectivity index (χ4v) is 1.48. The first-order valence-electron chi connectivity index (χ1n) is 4.45. The van der Waals surface area contributed by atoms with E-state index in [0.717, 1.165) is 18.7 Å². The van der Waals surface area contributed by atoms with Gasteiger partial charge in [0.25, 0.3) is 0 Å². The molecule has 1 aliphatic heterocycles. The maximum atomic E-state index is 9.81. The number of aliphatic hydroxyl groups excluding tert-OH is 1. The summed E-state index contributed by atoms with van der Waals surface area (Å²) in [5, 5.41) is 22.0. The van der Waals surface area contributed by atoms with Crippen LogP contribution in [0.15, 0.2) is 24.3 Å². The van der Waals surface area contributed by atoms with Crippen molar-refractivity contribution in [1.29, 1.82) is 0 Å². The highest BCUT2D eigenvalue weighted by Gasteiger charge is 2.26. The summed E-state index contributed by atoms with van der Waals surface area (Å²) in [6, 6.07) is 6.73. The molecule has 0 aromatic heterocycles. The number of benzene rings is 1. The van der Waals surface area contributed by atoms with Gasteiger partial charge in [-0.3, -0.25) is 0 Å². The zero-order chi connectivity index (χ0) is 9.26. The smallest absolute Gasteiger partial charge is 0.115 e. The van der Waals surface area contributed by atoms with Gasteiger partial charge in [0, 0.05) is 19.0 Å². The number of aliphatic hydroxyl groups is 1. The fourth-order valence-electron chi connectivity index (χ4n) is 1.48. The summed E-state index contributed by atoms with van der Waals surface area (Å²) >= 11 is 0. The zero-order valence-electron chi connectivity index (χ0n) is 7.27. The zero-order valence-corrected chi connectivity index (χ0v) is 7.27. The van der Waals surface area contributed by atoms with Crippen molar-refractivity contribution in [2.24, 2.45) is 5.92 Å². The third-order valence-corrected chi connectivity index (χ3v) is 2.49. The third kappa shape index (κ3) is 1.66. The molecule has 1 atom stereocenters. The van der Waals surface area contributed by atoms with Crippen LogP contribution in [0.25, 0.3) is 0 Å². The normalized spacial score (nSPS) is 19.5. The highest BCUT2D eigenvalue weighted by molar-refractivity contribution is 5.27. The van der Waals surface area contributed by atoms with Crippen molar-refractivity contribution < 1.29 is 10.2 Å². The first kappa shape index (κ1) is 8.53. The third-order valence-electron chi connectivity index (χ3n) is 2.49. The van der Waals surface area contributed by atoms with E-state index in [0.29, 0.717) is 5.92 Å². The van der Waals surface area contributed by atoms with E-state index < -0.39 is 6.10 Å². The Morgan fingerprint density at radius 3 is 2.31 bits per heavy atom. The monoisotopic (exact) mass is 179 g/mol. The number of phenolic OH excluding ortho intramolecular Hbond substituents is 1. The molecule has 0 spiro atoms. The summed E-state index contributed by atoms with van der Waals surface area (Å²) in [5.74, 6) is 0.562. The summed E-state index contributed by atoms with van der Waals surface area (Å²) in [4.78, 5) is 0. The van der Waals surface area contributed by atoms with Gasteiger partial charge in [-0.1, -0.05) is 12.1 Å². The van der Waals surface area contributed by atoms with Crippen LogP contribution in [0, 0.1) is 5.92 Å². The lowest BCUT2D eigenvalue weighted by molar-refractivity contribution is 0.0767. The number of aromatic hydroxyl groups is 1. The molecule has 1 fully saturated rings. The van der Waals surface area contributed by atoms with E-state index in [2.05, 4.69) is 5.32 Å². The Labute approximate surface area is 77.0 Å². The molecular weight excluding hydrogens is 166 g/mol. The van der Waals surface area contributed by atoms with Crippen LogP contribution in [0.1, 0.15) is 11.7 Å². The van der Waals surface area contributed by atoms with Gasteiger partial charge in [0.1, 0.15) is 5.75 Å². The minimum Gasteiger partial charge on any atom is -0.508 e. The molecule has 0 amide bonds.